The number of aromatic nitrogens is 2. The maximum Gasteiger partial charge on any atom is 0.225 e. The first kappa shape index (κ1) is 17.1. The molecule has 2 fully saturated rings. The predicted octanol–water partition coefficient (Wildman–Crippen LogP) is 1.81. The van der Waals surface area contributed by atoms with E-state index >= 15 is 0 Å². The summed E-state index contributed by atoms with van der Waals surface area (Å²) in [5, 5.41) is 3.66. The average Bonchev–Trinajstić information content (AvgIpc) is 3.14. The lowest BCUT2D eigenvalue weighted by Crippen LogP contribution is -2.50. The van der Waals surface area contributed by atoms with Gasteiger partial charge in [0.15, 0.2) is 0 Å². The molecule has 0 aliphatic carbocycles. The Morgan fingerprint density at radius 1 is 1.25 bits per heavy atom. The highest BCUT2D eigenvalue weighted by atomic mass is 16.2. The fraction of sp³-hybridized carbons (Fsp3) is 0.722. The SMILES string of the molecule is CC[C@H]1CN(C(C)=O)CC[C@@H]1NCc1cnc(N2CCCC2)nc1. The molecule has 2 atom stereocenters. The number of nitrogens with one attached hydrogen (secondary N) is 1. The summed E-state index contributed by atoms with van der Waals surface area (Å²) in [5.41, 5.74) is 1.13. The van der Waals surface area contributed by atoms with E-state index in [-0.39, 0.29) is 5.91 Å². The van der Waals surface area contributed by atoms with Crippen molar-refractivity contribution in [3.63, 3.8) is 0 Å². The molecule has 2 aliphatic heterocycles. The molecule has 1 amide bonds. The van der Waals surface area contributed by atoms with Gasteiger partial charge in [-0.2, -0.15) is 0 Å². The van der Waals surface area contributed by atoms with E-state index in [4.69, 9.17) is 0 Å². The van der Waals surface area contributed by atoms with Crippen LogP contribution in [-0.2, 0) is 11.3 Å². The Morgan fingerprint density at radius 3 is 2.58 bits per heavy atom. The van der Waals surface area contributed by atoms with E-state index < -0.39 is 0 Å². The second kappa shape index (κ2) is 7.92. The second-order valence-corrected chi connectivity index (χ2v) is 6.99. The predicted molar refractivity (Wildman–Crippen MR) is 94.8 cm³/mol. The minimum Gasteiger partial charge on any atom is -0.343 e. The van der Waals surface area contributed by atoms with Gasteiger partial charge in [0.1, 0.15) is 0 Å². The van der Waals surface area contributed by atoms with Crippen molar-refractivity contribution in [2.75, 3.05) is 31.1 Å². The topological polar surface area (TPSA) is 61.4 Å². The Balaban J connectivity index is 1.52. The standard InChI is InChI=1S/C18H29N5O/c1-3-16-13-23(14(2)24)9-6-17(16)19-10-15-11-20-18(21-12-15)22-7-4-5-8-22/h11-12,16-17,19H,3-10,13H2,1-2H3/t16-,17-/m0/s1. The number of nitrogens with zero attached hydrogens (tertiary/aromatic N) is 4. The molecule has 2 aliphatic rings. The van der Waals surface area contributed by atoms with Crippen molar-refractivity contribution in [2.24, 2.45) is 5.92 Å². The molecule has 0 aromatic carbocycles. The first-order valence-electron chi connectivity index (χ1n) is 9.22. The van der Waals surface area contributed by atoms with Crippen molar-refractivity contribution < 1.29 is 4.79 Å². The van der Waals surface area contributed by atoms with Gasteiger partial charge in [0, 0.05) is 63.6 Å². The van der Waals surface area contributed by atoms with Gasteiger partial charge in [0.25, 0.3) is 0 Å². The molecule has 132 valence electrons. The number of amides is 1. The van der Waals surface area contributed by atoms with Gasteiger partial charge in [-0.1, -0.05) is 13.3 Å². The minimum atomic E-state index is 0.192. The molecule has 6 heteroatoms. The first-order valence-corrected chi connectivity index (χ1v) is 9.22. The van der Waals surface area contributed by atoms with Gasteiger partial charge in [-0.25, -0.2) is 9.97 Å². The molecular weight excluding hydrogens is 302 g/mol. The summed E-state index contributed by atoms with van der Waals surface area (Å²) in [4.78, 5) is 24.8. The summed E-state index contributed by atoms with van der Waals surface area (Å²) in [6.45, 7) is 8.54. The van der Waals surface area contributed by atoms with Crippen LogP contribution in [0.15, 0.2) is 12.4 Å². The van der Waals surface area contributed by atoms with Gasteiger partial charge in [-0.3, -0.25) is 4.79 Å². The smallest absolute Gasteiger partial charge is 0.225 e. The fourth-order valence-corrected chi connectivity index (χ4v) is 3.77. The van der Waals surface area contributed by atoms with Crippen LogP contribution < -0.4 is 10.2 Å². The molecule has 3 rings (SSSR count). The molecule has 1 aromatic rings. The van der Waals surface area contributed by atoms with E-state index in [0.717, 1.165) is 57.1 Å². The van der Waals surface area contributed by atoms with Crippen LogP contribution in [0.3, 0.4) is 0 Å². The summed E-state index contributed by atoms with van der Waals surface area (Å²) < 4.78 is 0. The largest absolute Gasteiger partial charge is 0.343 e. The van der Waals surface area contributed by atoms with Crippen LogP contribution in [-0.4, -0.2) is 53.0 Å². The summed E-state index contributed by atoms with van der Waals surface area (Å²) in [6.07, 6.45) is 8.48. The molecule has 0 radical (unpaired) electrons. The number of carbonyl (C=O) groups is 1. The van der Waals surface area contributed by atoms with Crippen molar-refractivity contribution in [3.05, 3.63) is 18.0 Å². The summed E-state index contributed by atoms with van der Waals surface area (Å²) >= 11 is 0. The Bertz CT molecular complexity index is 541. The minimum absolute atomic E-state index is 0.192. The van der Waals surface area contributed by atoms with Crippen LogP contribution in [0, 0.1) is 5.92 Å². The zero-order chi connectivity index (χ0) is 16.9. The van der Waals surface area contributed by atoms with E-state index in [9.17, 15) is 4.79 Å². The second-order valence-electron chi connectivity index (χ2n) is 6.99. The highest BCUT2D eigenvalue weighted by Crippen LogP contribution is 2.21. The van der Waals surface area contributed by atoms with Crippen LogP contribution in [0.4, 0.5) is 5.95 Å². The van der Waals surface area contributed by atoms with Crippen LogP contribution in [0.2, 0.25) is 0 Å². The highest BCUT2D eigenvalue weighted by molar-refractivity contribution is 5.73. The lowest BCUT2D eigenvalue weighted by atomic mass is 9.89. The molecule has 2 saturated heterocycles. The normalized spacial score (nSPS) is 24.4. The first-order chi connectivity index (χ1) is 11.7. The Kier molecular flexibility index (Phi) is 5.66. The van der Waals surface area contributed by atoms with Crippen LogP contribution in [0.5, 0.6) is 0 Å². The van der Waals surface area contributed by atoms with Gasteiger partial charge in [-0.15, -0.1) is 0 Å². The van der Waals surface area contributed by atoms with E-state index in [1.165, 1.54) is 12.8 Å². The molecule has 0 spiro atoms. The Hall–Kier alpha value is -1.69. The van der Waals surface area contributed by atoms with Crippen LogP contribution in [0.1, 0.15) is 45.1 Å². The molecule has 3 heterocycles. The third-order valence-electron chi connectivity index (χ3n) is 5.35. The monoisotopic (exact) mass is 331 g/mol. The summed E-state index contributed by atoms with van der Waals surface area (Å²) in [5.74, 6) is 1.57. The van der Waals surface area contributed by atoms with Crippen molar-refractivity contribution in [1.29, 1.82) is 0 Å². The molecule has 1 N–H and O–H groups in total. The lowest BCUT2D eigenvalue weighted by Gasteiger charge is -2.38. The average molecular weight is 331 g/mol. The van der Waals surface area contributed by atoms with E-state index in [2.05, 4.69) is 27.1 Å². The lowest BCUT2D eigenvalue weighted by molar-refractivity contribution is -0.131. The third kappa shape index (κ3) is 4.04. The number of hydrogen-bond acceptors (Lipinski definition) is 5. The third-order valence-corrected chi connectivity index (χ3v) is 5.35. The number of carbonyl (C=O) groups excluding carboxylic acids is 1. The van der Waals surface area contributed by atoms with Gasteiger partial charge in [-0.05, 0) is 25.2 Å². The highest BCUT2D eigenvalue weighted by Gasteiger charge is 2.28. The zero-order valence-electron chi connectivity index (χ0n) is 14.9. The number of likely N-dealkylation sites (tertiary alicyclic amines) is 1. The molecule has 24 heavy (non-hydrogen) atoms. The zero-order valence-corrected chi connectivity index (χ0v) is 14.9. The Labute approximate surface area is 144 Å². The van der Waals surface area contributed by atoms with Crippen molar-refractivity contribution in [1.82, 2.24) is 20.2 Å². The van der Waals surface area contributed by atoms with E-state index in [1.54, 1.807) is 6.92 Å². The van der Waals surface area contributed by atoms with Crippen molar-refractivity contribution in [3.8, 4) is 0 Å². The maximum atomic E-state index is 11.6. The van der Waals surface area contributed by atoms with Crippen molar-refractivity contribution in [2.45, 2.75) is 52.1 Å². The quantitative estimate of drug-likeness (QED) is 0.892. The summed E-state index contributed by atoms with van der Waals surface area (Å²) in [6, 6.07) is 0.462. The van der Waals surface area contributed by atoms with Gasteiger partial charge < -0.3 is 15.1 Å². The molecule has 1 aromatic heterocycles. The molecule has 0 unspecified atom stereocenters. The van der Waals surface area contributed by atoms with Crippen LogP contribution >= 0.6 is 0 Å². The number of piperidine rings is 1. The molecule has 6 nitrogen and oxygen atoms in total. The number of rotatable bonds is 5. The van der Waals surface area contributed by atoms with E-state index in [0.29, 0.717) is 12.0 Å². The van der Waals surface area contributed by atoms with E-state index in [1.807, 2.05) is 17.3 Å². The Morgan fingerprint density at radius 2 is 1.96 bits per heavy atom. The number of anilines is 1. The van der Waals surface area contributed by atoms with Gasteiger partial charge in [0.2, 0.25) is 11.9 Å². The maximum absolute atomic E-state index is 11.6. The molecule has 0 saturated carbocycles. The van der Waals surface area contributed by atoms with Gasteiger partial charge in [0.05, 0.1) is 0 Å². The number of hydrogen-bond donors (Lipinski definition) is 1. The van der Waals surface area contributed by atoms with Gasteiger partial charge >= 0.3 is 0 Å². The summed E-state index contributed by atoms with van der Waals surface area (Å²) in [7, 11) is 0. The molecular formula is C18H29N5O. The van der Waals surface area contributed by atoms with Crippen molar-refractivity contribution >= 4 is 11.9 Å². The van der Waals surface area contributed by atoms with Crippen LogP contribution in [0.25, 0.3) is 0 Å². The molecule has 0 bridgehead atoms. The fourth-order valence-electron chi connectivity index (χ4n) is 3.77.